The summed E-state index contributed by atoms with van der Waals surface area (Å²) < 4.78 is 1.93. The number of likely N-dealkylation sites (tertiary alicyclic amines) is 1. The SMILES string of the molecule is CN1CCCCC(N)C1c1cn(C)nc1C(C)(C)C. The summed E-state index contributed by atoms with van der Waals surface area (Å²) in [7, 11) is 4.19. The highest BCUT2D eigenvalue weighted by molar-refractivity contribution is 5.29. The summed E-state index contributed by atoms with van der Waals surface area (Å²) in [5.41, 5.74) is 9.00. The van der Waals surface area contributed by atoms with E-state index in [1.807, 2.05) is 11.7 Å². The van der Waals surface area contributed by atoms with Crippen molar-refractivity contribution in [3.05, 3.63) is 17.5 Å². The fraction of sp³-hybridized carbons (Fsp3) is 0.800. The zero-order chi connectivity index (χ0) is 14.2. The zero-order valence-electron chi connectivity index (χ0n) is 13.0. The quantitative estimate of drug-likeness (QED) is 0.846. The summed E-state index contributed by atoms with van der Waals surface area (Å²) in [5.74, 6) is 0. The molecule has 19 heavy (non-hydrogen) atoms. The van der Waals surface area contributed by atoms with Crippen LogP contribution in [0.5, 0.6) is 0 Å². The van der Waals surface area contributed by atoms with Gasteiger partial charge in [-0.2, -0.15) is 5.10 Å². The van der Waals surface area contributed by atoms with E-state index in [9.17, 15) is 0 Å². The molecule has 1 aromatic rings. The van der Waals surface area contributed by atoms with Gasteiger partial charge in [-0.05, 0) is 26.4 Å². The Morgan fingerprint density at radius 3 is 2.58 bits per heavy atom. The van der Waals surface area contributed by atoms with Crippen LogP contribution >= 0.6 is 0 Å². The first-order valence-corrected chi connectivity index (χ1v) is 7.30. The van der Waals surface area contributed by atoms with E-state index in [2.05, 4.69) is 38.9 Å². The molecule has 1 aliphatic heterocycles. The maximum Gasteiger partial charge on any atom is 0.0726 e. The molecule has 0 aromatic carbocycles. The predicted molar refractivity (Wildman–Crippen MR) is 79.1 cm³/mol. The van der Waals surface area contributed by atoms with Gasteiger partial charge in [-0.25, -0.2) is 0 Å². The average Bonchev–Trinajstić information content (AvgIpc) is 2.58. The van der Waals surface area contributed by atoms with Crippen molar-refractivity contribution in [2.45, 2.75) is 57.5 Å². The number of hydrogen-bond donors (Lipinski definition) is 1. The Labute approximate surface area is 117 Å². The van der Waals surface area contributed by atoms with Crippen molar-refractivity contribution in [3.63, 3.8) is 0 Å². The summed E-state index contributed by atoms with van der Waals surface area (Å²) in [6.07, 6.45) is 5.74. The molecular formula is C15H28N4. The molecule has 2 N–H and O–H groups in total. The second kappa shape index (κ2) is 5.25. The number of aromatic nitrogens is 2. The van der Waals surface area contributed by atoms with E-state index in [-0.39, 0.29) is 11.5 Å². The van der Waals surface area contributed by atoms with Crippen LogP contribution in [0.3, 0.4) is 0 Å². The van der Waals surface area contributed by atoms with Gasteiger partial charge in [0.2, 0.25) is 0 Å². The Hall–Kier alpha value is -0.870. The molecule has 0 bridgehead atoms. The topological polar surface area (TPSA) is 47.1 Å². The fourth-order valence-electron chi connectivity index (χ4n) is 3.14. The molecule has 0 saturated carbocycles. The Kier molecular flexibility index (Phi) is 4.02. The number of nitrogens with two attached hydrogens (primary N) is 1. The van der Waals surface area contributed by atoms with Crippen LogP contribution in [0.4, 0.5) is 0 Å². The number of rotatable bonds is 1. The van der Waals surface area contributed by atoms with E-state index in [0.717, 1.165) is 13.0 Å². The third-order valence-electron chi connectivity index (χ3n) is 4.06. The van der Waals surface area contributed by atoms with Crippen LogP contribution in [-0.4, -0.2) is 34.3 Å². The molecule has 1 aromatic heterocycles. The van der Waals surface area contributed by atoms with Gasteiger partial charge in [0.05, 0.1) is 11.7 Å². The predicted octanol–water partition coefficient (Wildman–Crippen LogP) is 2.20. The van der Waals surface area contributed by atoms with Crippen molar-refractivity contribution in [2.24, 2.45) is 12.8 Å². The van der Waals surface area contributed by atoms with Gasteiger partial charge in [-0.3, -0.25) is 9.58 Å². The van der Waals surface area contributed by atoms with E-state index < -0.39 is 0 Å². The van der Waals surface area contributed by atoms with Crippen molar-refractivity contribution in [3.8, 4) is 0 Å². The fourth-order valence-corrected chi connectivity index (χ4v) is 3.14. The minimum atomic E-state index is 0.0590. The normalized spacial score (nSPS) is 26.4. The lowest BCUT2D eigenvalue weighted by atomic mass is 9.85. The van der Waals surface area contributed by atoms with Crippen LogP contribution in [0.25, 0.3) is 0 Å². The molecule has 2 rings (SSSR count). The van der Waals surface area contributed by atoms with Crippen LogP contribution in [-0.2, 0) is 12.5 Å². The first-order valence-electron chi connectivity index (χ1n) is 7.30. The minimum absolute atomic E-state index is 0.0590. The molecule has 0 spiro atoms. The van der Waals surface area contributed by atoms with Crippen molar-refractivity contribution >= 4 is 0 Å². The molecule has 1 saturated heterocycles. The molecular weight excluding hydrogens is 236 g/mol. The molecule has 4 nitrogen and oxygen atoms in total. The number of nitrogens with zero attached hydrogens (tertiary/aromatic N) is 3. The number of aryl methyl sites for hydroxylation is 1. The molecule has 0 aliphatic carbocycles. The number of likely N-dealkylation sites (N-methyl/N-ethyl adjacent to an activating group) is 1. The van der Waals surface area contributed by atoms with Crippen LogP contribution in [0.15, 0.2) is 6.20 Å². The van der Waals surface area contributed by atoms with Crippen molar-refractivity contribution < 1.29 is 0 Å². The van der Waals surface area contributed by atoms with Crippen LogP contribution in [0.1, 0.15) is 57.3 Å². The summed E-state index contributed by atoms with van der Waals surface area (Å²) in [5, 5.41) is 4.69. The van der Waals surface area contributed by atoms with Crippen molar-refractivity contribution in [1.29, 1.82) is 0 Å². The van der Waals surface area contributed by atoms with E-state index in [4.69, 9.17) is 10.8 Å². The lowest BCUT2D eigenvalue weighted by Gasteiger charge is -2.32. The van der Waals surface area contributed by atoms with E-state index in [1.54, 1.807) is 0 Å². The molecule has 2 unspecified atom stereocenters. The molecule has 1 aliphatic rings. The Bertz CT molecular complexity index is 418. The second-order valence-electron chi connectivity index (χ2n) is 6.94. The third kappa shape index (κ3) is 3.00. The van der Waals surface area contributed by atoms with E-state index in [1.165, 1.54) is 24.1 Å². The van der Waals surface area contributed by atoms with Gasteiger partial charge in [0.1, 0.15) is 0 Å². The molecule has 108 valence electrons. The summed E-state index contributed by atoms with van der Waals surface area (Å²) in [6, 6.07) is 0.503. The monoisotopic (exact) mass is 264 g/mol. The van der Waals surface area contributed by atoms with Crippen molar-refractivity contribution in [2.75, 3.05) is 13.6 Å². The molecule has 1 fully saturated rings. The largest absolute Gasteiger partial charge is 0.326 e. The maximum absolute atomic E-state index is 6.44. The van der Waals surface area contributed by atoms with Crippen molar-refractivity contribution in [1.82, 2.24) is 14.7 Å². The summed E-state index contributed by atoms with van der Waals surface area (Å²) in [4.78, 5) is 2.41. The van der Waals surface area contributed by atoms with Gasteiger partial charge in [0.25, 0.3) is 0 Å². The minimum Gasteiger partial charge on any atom is -0.326 e. The second-order valence-corrected chi connectivity index (χ2v) is 6.94. The molecule has 2 atom stereocenters. The molecule has 0 radical (unpaired) electrons. The van der Waals surface area contributed by atoms with E-state index >= 15 is 0 Å². The molecule has 2 heterocycles. The maximum atomic E-state index is 6.44. The zero-order valence-corrected chi connectivity index (χ0v) is 13.0. The van der Waals surface area contributed by atoms with Gasteiger partial charge in [-0.1, -0.05) is 27.2 Å². The number of hydrogen-bond acceptors (Lipinski definition) is 3. The lowest BCUT2D eigenvalue weighted by molar-refractivity contribution is 0.227. The average molecular weight is 264 g/mol. The molecule has 0 amide bonds. The van der Waals surface area contributed by atoms with Gasteiger partial charge in [-0.15, -0.1) is 0 Å². The van der Waals surface area contributed by atoms with E-state index in [0.29, 0.717) is 6.04 Å². The van der Waals surface area contributed by atoms with Crippen LogP contribution < -0.4 is 5.73 Å². The Morgan fingerprint density at radius 1 is 1.26 bits per heavy atom. The summed E-state index contributed by atoms with van der Waals surface area (Å²) >= 11 is 0. The highest BCUT2D eigenvalue weighted by atomic mass is 15.3. The smallest absolute Gasteiger partial charge is 0.0726 e. The Morgan fingerprint density at radius 2 is 1.95 bits per heavy atom. The van der Waals surface area contributed by atoms with Crippen LogP contribution in [0, 0.1) is 0 Å². The van der Waals surface area contributed by atoms with Crippen LogP contribution in [0.2, 0.25) is 0 Å². The highest BCUT2D eigenvalue weighted by Gasteiger charge is 2.33. The highest BCUT2D eigenvalue weighted by Crippen LogP contribution is 2.34. The Balaban J connectivity index is 2.44. The first kappa shape index (κ1) is 14.5. The lowest BCUT2D eigenvalue weighted by Crippen LogP contribution is -2.38. The molecule has 4 heteroatoms. The van der Waals surface area contributed by atoms with Gasteiger partial charge in [0, 0.05) is 30.3 Å². The van der Waals surface area contributed by atoms with Gasteiger partial charge in [0.15, 0.2) is 0 Å². The van der Waals surface area contributed by atoms with Gasteiger partial charge >= 0.3 is 0 Å². The third-order valence-corrected chi connectivity index (χ3v) is 4.06. The van der Waals surface area contributed by atoms with Gasteiger partial charge < -0.3 is 5.73 Å². The standard InChI is InChI=1S/C15H28N4/c1-15(2,3)14-11(10-19(5)17-14)13-12(16)8-6-7-9-18(13)4/h10,12-13H,6-9,16H2,1-5H3. The summed E-state index contributed by atoms with van der Waals surface area (Å²) in [6.45, 7) is 7.79. The first-order chi connectivity index (χ1) is 8.80.